The van der Waals surface area contributed by atoms with Crippen molar-refractivity contribution in [3.05, 3.63) is 57.6 Å². The highest BCUT2D eigenvalue weighted by Crippen LogP contribution is 2.37. The number of aromatic amines is 1. The molecule has 2 nitrogen and oxygen atoms in total. The number of aromatic nitrogens is 2. The Kier molecular flexibility index (Phi) is 4.94. The zero-order chi connectivity index (χ0) is 15.5. The summed E-state index contributed by atoms with van der Waals surface area (Å²) in [7, 11) is 0. The quantitative estimate of drug-likeness (QED) is 0.777. The number of nitrogens with one attached hydrogen (secondary N) is 1. The largest absolute Gasteiger partial charge is 0.346 e. The number of rotatable bonds is 5. The van der Waals surface area contributed by atoms with Crippen LogP contribution in [0.3, 0.4) is 0 Å². The van der Waals surface area contributed by atoms with Crippen LogP contribution in [-0.2, 0) is 11.8 Å². The molecular formula is C18H24N2S. The van der Waals surface area contributed by atoms with Gasteiger partial charge in [0.1, 0.15) is 10.5 Å². The van der Waals surface area contributed by atoms with Crippen LogP contribution in [0.25, 0.3) is 0 Å². The maximum atomic E-state index is 5.48. The van der Waals surface area contributed by atoms with Crippen molar-refractivity contribution in [3.63, 3.8) is 0 Å². The fourth-order valence-electron chi connectivity index (χ4n) is 3.05. The fourth-order valence-corrected chi connectivity index (χ4v) is 3.26. The van der Waals surface area contributed by atoms with Crippen LogP contribution < -0.4 is 0 Å². The summed E-state index contributed by atoms with van der Waals surface area (Å²) in [4.78, 5) is 8.30. The predicted octanol–water partition coefficient (Wildman–Crippen LogP) is 5.12. The van der Waals surface area contributed by atoms with Gasteiger partial charge in [0.25, 0.3) is 0 Å². The van der Waals surface area contributed by atoms with Crippen molar-refractivity contribution >= 4 is 12.2 Å². The van der Waals surface area contributed by atoms with Crippen LogP contribution in [0.4, 0.5) is 0 Å². The predicted molar refractivity (Wildman–Crippen MR) is 91.3 cm³/mol. The summed E-state index contributed by atoms with van der Waals surface area (Å²) in [6.45, 7) is 8.65. The highest BCUT2D eigenvalue weighted by molar-refractivity contribution is 7.71. The highest BCUT2D eigenvalue weighted by Gasteiger charge is 2.33. The number of benzene rings is 1. The van der Waals surface area contributed by atoms with E-state index in [4.69, 9.17) is 17.2 Å². The van der Waals surface area contributed by atoms with Gasteiger partial charge >= 0.3 is 0 Å². The molecule has 3 heteroatoms. The first-order valence-corrected chi connectivity index (χ1v) is 8.15. The van der Waals surface area contributed by atoms with Gasteiger partial charge in [0.2, 0.25) is 0 Å². The van der Waals surface area contributed by atoms with Gasteiger partial charge in [0, 0.05) is 11.3 Å². The van der Waals surface area contributed by atoms with E-state index < -0.39 is 0 Å². The Morgan fingerprint density at radius 1 is 1.10 bits per heavy atom. The van der Waals surface area contributed by atoms with E-state index in [1.807, 2.05) is 0 Å². The van der Waals surface area contributed by atoms with Gasteiger partial charge in [-0.25, -0.2) is 4.98 Å². The van der Waals surface area contributed by atoms with Gasteiger partial charge < -0.3 is 4.98 Å². The first-order valence-electron chi connectivity index (χ1n) is 7.74. The standard InChI is InChI=1S/C18H24N2S/c1-5-15-13(4)16(21)20-17(19-15)18(6-2,7-3)14-11-9-8-10-12-14/h8-12H,5-7H2,1-4H3,(H,19,20,21). The Bertz CT molecular complexity index is 655. The van der Waals surface area contributed by atoms with E-state index in [-0.39, 0.29) is 5.41 Å². The Morgan fingerprint density at radius 3 is 2.24 bits per heavy atom. The molecule has 0 aliphatic carbocycles. The number of H-pyrrole nitrogens is 1. The molecule has 0 saturated heterocycles. The maximum absolute atomic E-state index is 5.48. The Labute approximate surface area is 132 Å². The zero-order valence-corrected chi connectivity index (χ0v) is 14.2. The smallest absolute Gasteiger partial charge is 0.132 e. The second kappa shape index (κ2) is 6.52. The third kappa shape index (κ3) is 2.80. The summed E-state index contributed by atoms with van der Waals surface area (Å²) in [6, 6.07) is 10.6. The molecule has 1 aromatic carbocycles. The third-order valence-electron chi connectivity index (χ3n) is 4.60. The topological polar surface area (TPSA) is 28.7 Å². The average Bonchev–Trinajstić information content (AvgIpc) is 2.53. The van der Waals surface area contributed by atoms with Crippen LogP contribution in [0.2, 0.25) is 0 Å². The summed E-state index contributed by atoms with van der Waals surface area (Å²) in [5.74, 6) is 1.01. The van der Waals surface area contributed by atoms with Gasteiger partial charge in [0.05, 0.1) is 5.41 Å². The molecule has 0 fully saturated rings. The van der Waals surface area contributed by atoms with Crippen LogP contribution in [0.5, 0.6) is 0 Å². The molecule has 0 amide bonds. The van der Waals surface area contributed by atoms with Crippen molar-refractivity contribution in [1.29, 1.82) is 0 Å². The lowest BCUT2D eigenvalue weighted by Crippen LogP contribution is -2.29. The monoisotopic (exact) mass is 300 g/mol. The number of aryl methyl sites for hydroxylation is 1. The van der Waals surface area contributed by atoms with Crippen LogP contribution in [0, 0.1) is 11.6 Å². The molecule has 0 saturated carbocycles. The van der Waals surface area contributed by atoms with Crippen molar-refractivity contribution < 1.29 is 0 Å². The second-order valence-corrected chi connectivity index (χ2v) is 5.89. The van der Waals surface area contributed by atoms with Crippen molar-refractivity contribution in [3.8, 4) is 0 Å². The minimum atomic E-state index is -0.0908. The molecule has 0 atom stereocenters. The summed E-state index contributed by atoms with van der Waals surface area (Å²) < 4.78 is 0.725. The molecule has 1 N–H and O–H groups in total. The van der Waals surface area contributed by atoms with E-state index >= 15 is 0 Å². The van der Waals surface area contributed by atoms with Crippen molar-refractivity contribution in [1.82, 2.24) is 9.97 Å². The van der Waals surface area contributed by atoms with Crippen molar-refractivity contribution in [2.45, 2.75) is 52.4 Å². The van der Waals surface area contributed by atoms with Crippen LogP contribution >= 0.6 is 12.2 Å². The molecule has 0 radical (unpaired) electrons. The van der Waals surface area contributed by atoms with E-state index in [1.165, 1.54) is 11.3 Å². The zero-order valence-electron chi connectivity index (χ0n) is 13.4. The number of hydrogen-bond acceptors (Lipinski definition) is 2. The van der Waals surface area contributed by atoms with Gasteiger partial charge in [-0.3, -0.25) is 0 Å². The molecule has 1 heterocycles. The molecule has 1 aromatic heterocycles. The molecule has 112 valence electrons. The average molecular weight is 300 g/mol. The SMILES string of the molecule is CCc1[nH]c(C(CC)(CC)c2ccccc2)nc(=S)c1C. The number of nitrogens with zero attached hydrogens (tertiary/aromatic N) is 1. The van der Waals surface area contributed by atoms with Gasteiger partial charge in [-0.15, -0.1) is 0 Å². The molecule has 0 bridgehead atoms. The first-order chi connectivity index (χ1) is 10.1. The summed E-state index contributed by atoms with van der Waals surface area (Å²) in [5.41, 5.74) is 3.52. The lowest BCUT2D eigenvalue weighted by atomic mass is 9.75. The normalized spacial score (nSPS) is 11.6. The Hall–Kier alpha value is -1.48. The van der Waals surface area contributed by atoms with Crippen LogP contribution in [0.1, 0.15) is 56.3 Å². The minimum Gasteiger partial charge on any atom is -0.346 e. The van der Waals surface area contributed by atoms with E-state index in [2.05, 4.69) is 63.0 Å². The molecule has 0 unspecified atom stereocenters. The molecule has 2 aromatic rings. The molecule has 2 rings (SSSR count). The third-order valence-corrected chi connectivity index (χ3v) is 4.99. The van der Waals surface area contributed by atoms with Gasteiger partial charge in [0.15, 0.2) is 0 Å². The molecule has 21 heavy (non-hydrogen) atoms. The lowest BCUT2D eigenvalue weighted by Gasteiger charge is -2.32. The van der Waals surface area contributed by atoms with E-state index in [1.54, 1.807) is 0 Å². The number of hydrogen-bond donors (Lipinski definition) is 1. The lowest BCUT2D eigenvalue weighted by molar-refractivity contribution is 0.446. The van der Waals surface area contributed by atoms with E-state index in [9.17, 15) is 0 Å². The summed E-state index contributed by atoms with van der Waals surface area (Å²) >= 11 is 5.48. The van der Waals surface area contributed by atoms with Crippen LogP contribution in [-0.4, -0.2) is 9.97 Å². The van der Waals surface area contributed by atoms with Crippen molar-refractivity contribution in [2.24, 2.45) is 0 Å². The summed E-state index contributed by atoms with van der Waals surface area (Å²) in [5, 5.41) is 0. The first kappa shape index (κ1) is 15.9. The molecular weight excluding hydrogens is 276 g/mol. The van der Waals surface area contributed by atoms with E-state index in [0.29, 0.717) is 0 Å². The molecule has 0 aliphatic rings. The molecule has 0 aliphatic heterocycles. The molecule has 0 spiro atoms. The van der Waals surface area contributed by atoms with Crippen molar-refractivity contribution in [2.75, 3.05) is 0 Å². The Balaban J connectivity index is 2.69. The minimum absolute atomic E-state index is 0.0908. The summed E-state index contributed by atoms with van der Waals surface area (Å²) in [6.07, 6.45) is 2.94. The Morgan fingerprint density at radius 2 is 1.71 bits per heavy atom. The van der Waals surface area contributed by atoms with Gasteiger partial charge in [-0.05, 0) is 31.7 Å². The fraction of sp³-hybridized carbons (Fsp3) is 0.444. The van der Waals surface area contributed by atoms with Gasteiger partial charge in [-0.1, -0.05) is 63.3 Å². The van der Waals surface area contributed by atoms with Crippen LogP contribution in [0.15, 0.2) is 30.3 Å². The van der Waals surface area contributed by atoms with Gasteiger partial charge in [-0.2, -0.15) is 0 Å². The maximum Gasteiger partial charge on any atom is 0.132 e. The second-order valence-electron chi connectivity index (χ2n) is 5.50. The highest BCUT2D eigenvalue weighted by atomic mass is 32.1. The van der Waals surface area contributed by atoms with E-state index in [0.717, 1.165) is 35.3 Å².